The smallest absolute Gasteiger partial charge is 0.417 e. The minimum absolute atomic E-state index is 0.0414. The van der Waals surface area contributed by atoms with Gasteiger partial charge in [0.15, 0.2) is 0 Å². The molecule has 0 atom stereocenters. The van der Waals surface area contributed by atoms with Gasteiger partial charge in [-0.3, -0.25) is 0 Å². The zero-order valence-electron chi connectivity index (χ0n) is 7.25. The highest BCUT2D eigenvalue weighted by Crippen LogP contribution is 2.43. The van der Waals surface area contributed by atoms with E-state index >= 15 is 0 Å². The highest BCUT2D eigenvalue weighted by Gasteiger charge is 2.43. The lowest BCUT2D eigenvalue weighted by Crippen LogP contribution is -2.16. The van der Waals surface area contributed by atoms with Crippen LogP contribution >= 0.6 is 11.6 Å². The summed E-state index contributed by atoms with van der Waals surface area (Å²) in [5.41, 5.74) is -3.90. The monoisotopic (exact) mass is 264 g/mol. The molecule has 0 unspecified atom stereocenters. The molecule has 0 aliphatic rings. The summed E-state index contributed by atoms with van der Waals surface area (Å²) in [6.45, 7) is 0. The standard InChI is InChI=1S/C8H3ClF6O/c9-5-1-3(7(10,11)12)4(2-6(5)16)8(13,14)15/h1-2,16H. The molecule has 0 heterocycles. The van der Waals surface area contributed by atoms with Crippen LogP contribution in [0.15, 0.2) is 12.1 Å². The average Bonchev–Trinajstić information content (AvgIpc) is 2.05. The Hall–Kier alpha value is -1.11. The van der Waals surface area contributed by atoms with Crippen LogP contribution in [-0.4, -0.2) is 5.11 Å². The number of halogens is 7. The Bertz CT molecular complexity index is 369. The lowest BCUT2D eigenvalue weighted by Gasteiger charge is -2.16. The summed E-state index contributed by atoms with van der Waals surface area (Å²) in [7, 11) is 0. The number of hydrogen-bond donors (Lipinski definition) is 1. The van der Waals surface area contributed by atoms with E-state index in [2.05, 4.69) is 0 Å². The molecule has 1 rings (SSSR count). The third-order valence-electron chi connectivity index (χ3n) is 1.70. The highest BCUT2D eigenvalue weighted by molar-refractivity contribution is 6.32. The van der Waals surface area contributed by atoms with Crippen molar-refractivity contribution in [2.24, 2.45) is 0 Å². The molecule has 1 aromatic carbocycles. The van der Waals surface area contributed by atoms with E-state index in [-0.39, 0.29) is 12.1 Å². The maximum atomic E-state index is 12.3. The van der Waals surface area contributed by atoms with Gasteiger partial charge >= 0.3 is 12.4 Å². The summed E-state index contributed by atoms with van der Waals surface area (Å²) in [4.78, 5) is 0. The van der Waals surface area contributed by atoms with Crippen molar-refractivity contribution < 1.29 is 31.4 Å². The molecule has 0 saturated heterocycles. The van der Waals surface area contributed by atoms with E-state index < -0.39 is 34.3 Å². The minimum Gasteiger partial charge on any atom is -0.506 e. The van der Waals surface area contributed by atoms with Crippen molar-refractivity contribution in [2.75, 3.05) is 0 Å². The molecule has 0 aromatic heterocycles. The van der Waals surface area contributed by atoms with Gasteiger partial charge in [0.05, 0.1) is 16.1 Å². The average molecular weight is 265 g/mol. The van der Waals surface area contributed by atoms with Gasteiger partial charge < -0.3 is 5.11 Å². The Morgan fingerprint density at radius 3 is 1.62 bits per heavy atom. The second kappa shape index (κ2) is 3.73. The minimum atomic E-state index is -5.22. The maximum Gasteiger partial charge on any atom is 0.417 e. The number of aromatic hydroxyl groups is 1. The van der Waals surface area contributed by atoms with Crippen LogP contribution in [-0.2, 0) is 12.4 Å². The molecule has 0 spiro atoms. The molecule has 0 bridgehead atoms. The first-order valence-corrected chi connectivity index (χ1v) is 4.08. The summed E-state index contributed by atoms with van der Waals surface area (Å²) in [5, 5.41) is 8.06. The Balaban J connectivity index is 3.53. The van der Waals surface area contributed by atoms with Gasteiger partial charge in [-0.2, -0.15) is 26.3 Å². The second-order valence-electron chi connectivity index (χ2n) is 2.84. The van der Waals surface area contributed by atoms with E-state index in [4.69, 9.17) is 16.7 Å². The lowest BCUT2D eigenvalue weighted by molar-refractivity contribution is -0.162. The van der Waals surface area contributed by atoms with Gasteiger partial charge in [-0.1, -0.05) is 11.6 Å². The van der Waals surface area contributed by atoms with E-state index in [9.17, 15) is 26.3 Å². The van der Waals surface area contributed by atoms with Gasteiger partial charge in [0.25, 0.3) is 0 Å². The molecule has 0 radical (unpaired) electrons. The van der Waals surface area contributed by atoms with Gasteiger partial charge in [0.2, 0.25) is 0 Å². The van der Waals surface area contributed by atoms with E-state index in [1.54, 1.807) is 0 Å². The Labute approximate surface area is 90.3 Å². The molecule has 0 aliphatic carbocycles. The summed E-state index contributed by atoms with van der Waals surface area (Å²) in [5.74, 6) is -1.05. The molecule has 1 aromatic rings. The van der Waals surface area contributed by atoms with Crippen molar-refractivity contribution in [3.05, 3.63) is 28.3 Å². The normalized spacial score (nSPS) is 12.9. The first-order chi connectivity index (χ1) is 7.03. The third-order valence-corrected chi connectivity index (χ3v) is 2.00. The molecule has 0 aliphatic heterocycles. The predicted molar refractivity (Wildman–Crippen MR) is 43.1 cm³/mol. The number of rotatable bonds is 0. The molecule has 0 fully saturated rings. The van der Waals surface area contributed by atoms with Gasteiger partial charge in [0.1, 0.15) is 5.75 Å². The van der Waals surface area contributed by atoms with Gasteiger partial charge in [-0.05, 0) is 12.1 Å². The summed E-state index contributed by atoms with van der Waals surface area (Å²) in [6, 6.07) is -0.00906. The number of hydrogen-bond acceptors (Lipinski definition) is 1. The molecule has 8 heteroatoms. The van der Waals surface area contributed by atoms with Crippen LogP contribution in [0.4, 0.5) is 26.3 Å². The zero-order chi connectivity index (χ0) is 12.7. The SMILES string of the molecule is Oc1cc(C(F)(F)F)c(C(F)(F)F)cc1Cl. The Kier molecular flexibility index (Phi) is 3.02. The highest BCUT2D eigenvalue weighted by atomic mass is 35.5. The van der Waals surface area contributed by atoms with E-state index in [1.165, 1.54) is 0 Å². The van der Waals surface area contributed by atoms with Crippen molar-refractivity contribution >= 4 is 11.6 Å². The first-order valence-electron chi connectivity index (χ1n) is 3.70. The summed E-state index contributed by atoms with van der Waals surface area (Å²) >= 11 is 5.12. The molecule has 0 amide bonds. The van der Waals surface area contributed by atoms with Crippen molar-refractivity contribution in [3.8, 4) is 5.75 Å². The number of phenolic OH excluding ortho intramolecular Hbond substituents is 1. The van der Waals surface area contributed by atoms with Crippen LogP contribution in [0.1, 0.15) is 11.1 Å². The fourth-order valence-corrected chi connectivity index (χ4v) is 1.19. The second-order valence-corrected chi connectivity index (χ2v) is 3.25. The van der Waals surface area contributed by atoms with Crippen LogP contribution in [0.3, 0.4) is 0 Å². The summed E-state index contributed by atoms with van der Waals surface area (Å²) < 4.78 is 73.5. The largest absolute Gasteiger partial charge is 0.506 e. The fourth-order valence-electron chi connectivity index (χ4n) is 1.03. The third kappa shape index (κ3) is 2.52. The molecule has 90 valence electrons. The van der Waals surface area contributed by atoms with Crippen LogP contribution < -0.4 is 0 Å². The zero-order valence-corrected chi connectivity index (χ0v) is 8.00. The number of alkyl halides is 6. The van der Waals surface area contributed by atoms with Crippen LogP contribution in [0, 0.1) is 0 Å². The molecular weight excluding hydrogens is 262 g/mol. The molecular formula is C8H3ClF6O. The Morgan fingerprint density at radius 2 is 1.25 bits per heavy atom. The van der Waals surface area contributed by atoms with Gasteiger partial charge in [0, 0.05) is 0 Å². The first kappa shape index (κ1) is 13.0. The van der Waals surface area contributed by atoms with E-state index in [1.807, 2.05) is 0 Å². The van der Waals surface area contributed by atoms with Crippen molar-refractivity contribution in [3.63, 3.8) is 0 Å². The molecule has 0 saturated carbocycles. The molecule has 1 nitrogen and oxygen atoms in total. The lowest BCUT2D eigenvalue weighted by atomic mass is 10.1. The van der Waals surface area contributed by atoms with Crippen LogP contribution in [0.25, 0.3) is 0 Å². The number of phenols is 1. The topological polar surface area (TPSA) is 20.2 Å². The maximum absolute atomic E-state index is 12.3. The fraction of sp³-hybridized carbons (Fsp3) is 0.250. The number of benzene rings is 1. The van der Waals surface area contributed by atoms with Crippen LogP contribution in [0.2, 0.25) is 5.02 Å². The van der Waals surface area contributed by atoms with Crippen molar-refractivity contribution in [2.45, 2.75) is 12.4 Å². The Morgan fingerprint density at radius 1 is 0.875 bits per heavy atom. The van der Waals surface area contributed by atoms with Gasteiger partial charge in [-0.15, -0.1) is 0 Å². The molecule has 16 heavy (non-hydrogen) atoms. The van der Waals surface area contributed by atoms with Crippen molar-refractivity contribution in [1.82, 2.24) is 0 Å². The van der Waals surface area contributed by atoms with E-state index in [0.29, 0.717) is 0 Å². The van der Waals surface area contributed by atoms with Gasteiger partial charge in [-0.25, -0.2) is 0 Å². The molecule has 1 N–H and O–H groups in total. The predicted octanol–water partition coefficient (Wildman–Crippen LogP) is 4.08. The summed E-state index contributed by atoms with van der Waals surface area (Å²) in [6.07, 6.45) is -10.4. The van der Waals surface area contributed by atoms with Crippen LogP contribution in [0.5, 0.6) is 5.75 Å². The van der Waals surface area contributed by atoms with E-state index in [0.717, 1.165) is 0 Å². The quantitative estimate of drug-likeness (QED) is 0.700. The van der Waals surface area contributed by atoms with Crippen molar-refractivity contribution in [1.29, 1.82) is 0 Å².